The van der Waals surface area contributed by atoms with Crippen LogP contribution in [0.15, 0.2) is 18.2 Å². The van der Waals surface area contributed by atoms with E-state index in [-0.39, 0.29) is 0 Å². The minimum atomic E-state index is -0.567. The summed E-state index contributed by atoms with van der Waals surface area (Å²) in [5.41, 5.74) is 1.25. The van der Waals surface area contributed by atoms with Gasteiger partial charge in [0.1, 0.15) is 5.75 Å². The van der Waals surface area contributed by atoms with Gasteiger partial charge in [0.15, 0.2) is 0 Å². The SMILES string of the molecule is COc1ccc(Cl)cc1C1CCN(C2CCS(=O)CC2)CC1. The molecule has 22 heavy (non-hydrogen) atoms. The van der Waals surface area contributed by atoms with Crippen molar-refractivity contribution in [3.63, 3.8) is 0 Å². The summed E-state index contributed by atoms with van der Waals surface area (Å²) in [6, 6.07) is 6.56. The Balaban J connectivity index is 1.62. The first-order valence-corrected chi connectivity index (χ1v) is 9.96. The van der Waals surface area contributed by atoms with Crippen LogP contribution in [0, 0.1) is 0 Å². The van der Waals surface area contributed by atoms with E-state index < -0.39 is 10.8 Å². The normalized spacial score (nSPS) is 27.7. The van der Waals surface area contributed by atoms with E-state index in [1.54, 1.807) is 7.11 Å². The predicted octanol–water partition coefficient (Wildman–Crippen LogP) is 3.44. The number of hydrogen-bond donors (Lipinski definition) is 0. The third-order valence-corrected chi connectivity index (χ3v) is 6.65. The molecule has 2 saturated heterocycles. The Morgan fingerprint density at radius 3 is 2.50 bits per heavy atom. The summed E-state index contributed by atoms with van der Waals surface area (Å²) in [6.45, 7) is 2.25. The zero-order valence-corrected chi connectivity index (χ0v) is 14.7. The number of rotatable bonds is 3. The molecule has 0 amide bonds. The molecule has 122 valence electrons. The van der Waals surface area contributed by atoms with Crippen molar-refractivity contribution in [2.24, 2.45) is 0 Å². The summed E-state index contributed by atoms with van der Waals surface area (Å²) < 4.78 is 17.0. The Hall–Kier alpha value is -0.580. The zero-order valence-electron chi connectivity index (χ0n) is 13.1. The summed E-state index contributed by atoms with van der Waals surface area (Å²) >= 11 is 6.16. The average Bonchev–Trinajstić information content (AvgIpc) is 2.56. The highest BCUT2D eigenvalue weighted by Crippen LogP contribution is 2.36. The molecule has 1 aromatic carbocycles. The Morgan fingerprint density at radius 1 is 1.18 bits per heavy atom. The molecular formula is C17H24ClNO2S. The van der Waals surface area contributed by atoms with Crippen molar-refractivity contribution in [3.8, 4) is 5.75 Å². The molecule has 3 nitrogen and oxygen atoms in total. The van der Waals surface area contributed by atoms with E-state index >= 15 is 0 Å². The van der Waals surface area contributed by atoms with Crippen LogP contribution in [-0.4, -0.2) is 46.9 Å². The van der Waals surface area contributed by atoms with Crippen molar-refractivity contribution in [1.29, 1.82) is 0 Å². The molecule has 0 radical (unpaired) electrons. The molecule has 0 unspecified atom stereocenters. The van der Waals surface area contributed by atoms with Crippen LogP contribution in [0.2, 0.25) is 5.02 Å². The molecule has 0 saturated carbocycles. The first-order chi connectivity index (χ1) is 10.7. The Morgan fingerprint density at radius 2 is 1.86 bits per heavy atom. The summed E-state index contributed by atoms with van der Waals surface area (Å²) in [7, 11) is 1.16. The fourth-order valence-corrected chi connectivity index (χ4v) is 5.20. The van der Waals surface area contributed by atoms with Gasteiger partial charge in [0.2, 0.25) is 0 Å². The second-order valence-corrected chi connectivity index (χ2v) is 8.41. The van der Waals surface area contributed by atoms with Gasteiger partial charge in [-0.2, -0.15) is 0 Å². The van der Waals surface area contributed by atoms with E-state index in [4.69, 9.17) is 16.3 Å². The van der Waals surface area contributed by atoms with Crippen LogP contribution in [0.5, 0.6) is 5.75 Å². The van der Waals surface area contributed by atoms with Crippen LogP contribution in [0.25, 0.3) is 0 Å². The molecule has 2 aliphatic rings. The van der Waals surface area contributed by atoms with Crippen molar-refractivity contribution in [3.05, 3.63) is 28.8 Å². The number of benzene rings is 1. The zero-order chi connectivity index (χ0) is 15.5. The van der Waals surface area contributed by atoms with Gasteiger partial charge in [-0.05, 0) is 68.5 Å². The monoisotopic (exact) mass is 341 g/mol. The quantitative estimate of drug-likeness (QED) is 0.843. The standard InChI is InChI=1S/C17H24ClNO2S/c1-21-17-3-2-14(18)12-16(17)13-4-8-19(9-5-13)15-6-10-22(20)11-7-15/h2-3,12-13,15H,4-11H2,1H3. The number of hydrogen-bond acceptors (Lipinski definition) is 3. The van der Waals surface area contributed by atoms with E-state index in [1.165, 1.54) is 5.56 Å². The van der Waals surface area contributed by atoms with Gasteiger partial charge in [0.05, 0.1) is 7.11 Å². The van der Waals surface area contributed by atoms with E-state index in [2.05, 4.69) is 11.0 Å². The summed E-state index contributed by atoms with van der Waals surface area (Å²) in [5, 5.41) is 0.785. The molecule has 2 aliphatic heterocycles. The minimum Gasteiger partial charge on any atom is -0.496 e. The van der Waals surface area contributed by atoms with E-state index in [0.29, 0.717) is 12.0 Å². The first kappa shape index (κ1) is 16.3. The van der Waals surface area contributed by atoms with E-state index in [1.807, 2.05) is 12.1 Å². The number of methoxy groups -OCH3 is 1. The molecule has 3 rings (SSSR count). The van der Waals surface area contributed by atoms with Gasteiger partial charge >= 0.3 is 0 Å². The molecule has 0 spiro atoms. The van der Waals surface area contributed by atoms with Gasteiger partial charge in [-0.1, -0.05) is 11.6 Å². The Bertz CT molecular complexity index is 533. The molecule has 0 aromatic heterocycles. The highest BCUT2D eigenvalue weighted by atomic mass is 35.5. The topological polar surface area (TPSA) is 29.5 Å². The molecule has 2 fully saturated rings. The number of piperidine rings is 1. The van der Waals surface area contributed by atoms with Gasteiger partial charge in [0.25, 0.3) is 0 Å². The lowest BCUT2D eigenvalue weighted by Crippen LogP contribution is -2.44. The maximum atomic E-state index is 11.5. The van der Waals surface area contributed by atoms with Crippen LogP contribution < -0.4 is 4.74 Å². The van der Waals surface area contributed by atoms with E-state index in [9.17, 15) is 4.21 Å². The van der Waals surface area contributed by atoms with Gasteiger partial charge in [-0.25, -0.2) is 0 Å². The third-order valence-electron chi connectivity index (χ3n) is 5.04. The smallest absolute Gasteiger partial charge is 0.122 e. The Labute approximate surface area is 140 Å². The van der Waals surface area contributed by atoms with Crippen LogP contribution in [-0.2, 0) is 10.8 Å². The average molecular weight is 342 g/mol. The molecular weight excluding hydrogens is 318 g/mol. The fourth-order valence-electron chi connectivity index (χ4n) is 3.75. The fraction of sp³-hybridized carbons (Fsp3) is 0.647. The molecule has 0 aliphatic carbocycles. The minimum absolute atomic E-state index is 0.530. The van der Waals surface area contributed by atoms with Gasteiger partial charge in [-0.3, -0.25) is 4.21 Å². The second kappa shape index (κ2) is 7.33. The molecule has 5 heteroatoms. The van der Waals surface area contributed by atoms with Crippen molar-refractivity contribution < 1.29 is 8.95 Å². The lowest BCUT2D eigenvalue weighted by Gasteiger charge is -2.39. The summed E-state index contributed by atoms with van der Waals surface area (Å²) in [6.07, 6.45) is 4.49. The number of likely N-dealkylation sites (tertiary alicyclic amines) is 1. The van der Waals surface area contributed by atoms with Crippen molar-refractivity contribution >= 4 is 22.4 Å². The number of halogens is 1. The maximum Gasteiger partial charge on any atom is 0.122 e. The van der Waals surface area contributed by atoms with Crippen LogP contribution in [0.1, 0.15) is 37.2 Å². The Kier molecular flexibility index (Phi) is 5.42. The van der Waals surface area contributed by atoms with Crippen LogP contribution in [0.3, 0.4) is 0 Å². The van der Waals surface area contributed by atoms with Crippen LogP contribution >= 0.6 is 11.6 Å². The largest absolute Gasteiger partial charge is 0.496 e. The predicted molar refractivity (Wildman–Crippen MR) is 92.5 cm³/mol. The second-order valence-electron chi connectivity index (χ2n) is 6.28. The summed E-state index contributed by atoms with van der Waals surface area (Å²) in [5.74, 6) is 3.25. The highest BCUT2D eigenvalue weighted by molar-refractivity contribution is 7.85. The van der Waals surface area contributed by atoms with Crippen molar-refractivity contribution in [1.82, 2.24) is 4.90 Å². The van der Waals surface area contributed by atoms with E-state index in [0.717, 1.165) is 61.1 Å². The molecule has 0 N–H and O–H groups in total. The molecule has 1 aromatic rings. The molecule has 0 atom stereocenters. The van der Waals surface area contributed by atoms with Crippen molar-refractivity contribution in [2.75, 3.05) is 31.7 Å². The van der Waals surface area contributed by atoms with Gasteiger partial charge < -0.3 is 9.64 Å². The summed E-state index contributed by atoms with van der Waals surface area (Å²) in [4.78, 5) is 2.60. The lowest BCUT2D eigenvalue weighted by molar-refractivity contribution is 0.142. The number of nitrogens with zero attached hydrogens (tertiary/aromatic N) is 1. The number of ether oxygens (including phenoxy) is 1. The molecule has 0 bridgehead atoms. The highest BCUT2D eigenvalue weighted by Gasteiger charge is 2.29. The van der Waals surface area contributed by atoms with Crippen LogP contribution in [0.4, 0.5) is 0 Å². The third kappa shape index (κ3) is 3.66. The van der Waals surface area contributed by atoms with Crippen molar-refractivity contribution in [2.45, 2.75) is 37.6 Å². The maximum absolute atomic E-state index is 11.5. The lowest BCUT2D eigenvalue weighted by atomic mass is 9.88. The van der Waals surface area contributed by atoms with Gasteiger partial charge in [0, 0.05) is 33.4 Å². The van der Waals surface area contributed by atoms with Gasteiger partial charge in [-0.15, -0.1) is 0 Å². The molecule has 2 heterocycles. The first-order valence-electron chi connectivity index (χ1n) is 8.10.